The second-order valence-electron chi connectivity index (χ2n) is 8.09. The van der Waals surface area contributed by atoms with Crippen LogP contribution in [0, 0.1) is 0 Å². The molecule has 1 amide bonds. The van der Waals surface area contributed by atoms with Gasteiger partial charge in [0.25, 0.3) is 5.91 Å². The first kappa shape index (κ1) is 23.0. The number of benzene rings is 2. The van der Waals surface area contributed by atoms with Gasteiger partial charge in [0.05, 0.1) is 11.4 Å². The van der Waals surface area contributed by atoms with Gasteiger partial charge in [-0.3, -0.25) is 4.79 Å². The second kappa shape index (κ2) is 10.6. The van der Waals surface area contributed by atoms with E-state index >= 15 is 0 Å². The molecule has 2 aromatic rings. The van der Waals surface area contributed by atoms with Gasteiger partial charge in [0.15, 0.2) is 0 Å². The molecule has 4 rings (SSSR count). The summed E-state index contributed by atoms with van der Waals surface area (Å²) in [5, 5.41) is 3.06. The van der Waals surface area contributed by atoms with E-state index in [0.717, 1.165) is 37.2 Å². The second-order valence-corrected chi connectivity index (χ2v) is 9.17. The van der Waals surface area contributed by atoms with Crippen molar-refractivity contribution >= 4 is 41.5 Å². The molecule has 1 atom stereocenters. The molecule has 6 heteroatoms. The maximum Gasteiger partial charge on any atom is 0.251 e. The Morgan fingerprint density at radius 1 is 1.10 bits per heavy atom. The molecule has 4 nitrogen and oxygen atoms in total. The number of rotatable bonds is 7. The topological polar surface area (TPSA) is 35.6 Å². The summed E-state index contributed by atoms with van der Waals surface area (Å²) in [7, 11) is 0. The van der Waals surface area contributed by atoms with Gasteiger partial charge < -0.3 is 15.1 Å². The quantitative estimate of drug-likeness (QED) is 0.552. The van der Waals surface area contributed by atoms with Crippen LogP contribution in [0.4, 0.5) is 11.4 Å². The number of halogens is 1. The number of amides is 1. The van der Waals surface area contributed by atoms with Crippen molar-refractivity contribution in [3.63, 3.8) is 0 Å². The Morgan fingerprint density at radius 2 is 1.83 bits per heavy atom. The molecule has 1 saturated heterocycles. The first-order valence-electron chi connectivity index (χ1n) is 10.9. The molecule has 1 fully saturated rings. The molecule has 1 N–H and O–H groups in total. The monoisotopic (exact) mass is 445 g/mol. The van der Waals surface area contributed by atoms with Crippen LogP contribution < -0.4 is 10.2 Å². The van der Waals surface area contributed by atoms with Crippen molar-refractivity contribution < 1.29 is 4.79 Å². The predicted molar refractivity (Wildman–Crippen MR) is 129 cm³/mol. The number of nitrogens with zero attached hydrogens (tertiary/aromatic N) is 2. The Bertz CT molecular complexity index is 869. The SMILES string of the molecule is CCCCNC(=O)c1ccc2c(c1)N(C(C)CN1CCCC1)c1ccccc1S2.Cl. The number of likely N-dealkylation sites (tertiary alicyclic amines) is 1. The molecule has 0 radical (unpaired) electrons. The summed E-state index contributed by atoms with van der Waals surface area (Å²) in [5.74, 6) is 0.0252. The Kier molecular flexibility index (Phi) is 8.09. The number of carbonyl (C=O) groups is 1. The summed E-state index contributed by atoms with van der Waals surface area (Å²) in [5.41, 5.74) is 3.15. The van der Waals surface area contributed by atoms with Crippen molar-refractivity contribution in [2.75, 3.05) is 31.1 Å². The number of fused-ring (bicyclic) bond motifs is 2. The van der Waals surface area contributed by atoms with Gasteiger partial charge in [-0.15, -0.1) is 12.4 Å². The van der Waals surface area contributed by atoms with Crippen LogP contribution in [0.1, 0.15) is 49.9 Å². The number of hydrogen-bond donors (Lipinski definition) is 1. The summed E-state index contributed by atoms with van der Waals surface area (Å²) in [6, 6.07) is 15.1. The number of hydrogen-bond acceptors (Lipinski definition) is 4. The van der Waals surface area contributed by atoms with Gasteiger partial charge >= 0.3 is 0 Å². The standard InChI is InChI=1S/C24H31N3OS.ClH/c1-3-4-13-25-24(28)19-11-12-23-21(16-19)27(18(2)17-26-14-7-8-15-26)20-9-5-6-10-22(20)29-23;/h5-6,9-12,16,18H,3-4,7-8,13-15,17H2,1-2H3,(H,25,28);1H. The van der Waals surface area contributed by atoms with Crippen LogP contribution in [0.15, 0.2) is 52.3 Å². The van der Waals surface area contributed by atoms with Crippen LogP contribution in [-0.2, 0) is 0 Å². The fraction of sp³-hybridized carbons (Fsp3) is 0.458. The third-order valence-corrected chi connectivity index (χ3v) is 6.93. The molecule has 1 unspecified atom stereocenters. The van der Waals surface area contributed by atoms with Crippen LogP contribution in [0.25, 0.3) is 0 Å². The summed E-state index contributed by atoms with van der Waals surface area (Å²) in [6.07, 6.45) is 4.70. The molecule has 0 aromatic heterocycles. The summed E-state index contributed by atoms with van der Waals surface area (Å²) in [6.45, 7) is 8.62. The molecular weight excluding hydrogens is 414 g/mol. The average molecular weight is 446 g/mol. The first-order chi connectivity index (χ1) is 14.2. The Hall–Kier alpha value is -1.69. The molecule has 162 valence electrons. The van der Waals surface area contributed by atoms with Crippen molar-refractivity contribution in [3.05, 3.63) is 48.0 Å². The van der Waals surface area contributed by atoms with E-state index in [4.69, 9.17) is 0 Å². The van der Waals surface area contributed by atoms with Crippen molar-refractivity contribution in [1.29, 1.82) is 0 Å². The minimum absolute atomic E-state index is 0. The van der Waals surface area contributed by atoms with E-state index in [0.29, 0.717) is 6.04 Å². The van der Waals surface area contributed by atoms with E-state index in [1.807, 2.05) is 6.07 Å². The highest BCUT2D eigenvalue weighted by molar-refractivity contribution is 7.99. The van der Waals surface area contributed by atoms with Crippen LogP contribution in [0.3, 0.4) is 0 Å². The third-order valence-electron chi connectivity index (χ3n) is 5.80. The molecule has 0 aliphatic carbocycles. The highest BCUT2D eigenvalue weighted by Crippen LogP contribution is 2.49. The van der Waals surface area contributed by atoms with Crippen LogP contribution >= 0.6 is 24.2 Å². The number of unbranched alkanes of at least 4 members (excludes halogenated alkanes) is 1. The maximum atomic E-state index is 12.7. The van der Waals surface area contributed by atoms with Gasteiger partial charge in [-0.2, -0.15) is 0 Å². The van der Waals surface area contributed by atoms with Crippen LogP contribution in [0.5, 0.6) is 0 Å². The Balaban J connectivity index is 0.00000256. The molecule has 2 aliphatic rings. The average Bonchev–Trinajstić information content (AvgIpc) is 3.24. The lowest BCUT2D eigenvalue weighted by Gasteiger charge is -2.39. The Morgan fingerprint density at radius 3 is 2.60 bits per heavy atom. The lowest BCUT2D eigenvalue weighted by Crippen LogP contribution is -2.40. The molecule has 30 heavy (non-hydrogen) atoms. The van der Waals surface area contributed by atoms with Crippen molar-refractivity contribution in [3.8, 4) is 0 Å². The molecule has 2 aromatic carbocycles. The Labute approximate surface area is 190 Å². The van der Waals surface area contributed by atoms with E-state index in [9.17, 15) is 4.79 Å². The van der Waals surface area contributed by atoms with Crippen LogP contribution in [0.2, 0.25) is 0 Å². The first-order valence-corrected chi connectivity index (χ1v) is 11.7. The zero-order valence-electron chi connectivity index (χ0n) is 17.9. The lowest BCUT2D eigenvalue weighted by atomic mass is 10.1. The van der Waals surface area contributed by atoms with Gasteiger partial charge in [-0.1, -0.05) is 37.2 Å². The molecule has 0 spiro atoms. The van der Waals surface area contributed by atoms with Gasteiger partial charge in [0.1, 0.15) is 0 Å². The molecular formula is C24H32ClN3OS. The summed E-state index contributed by atoms with van der Waals surface area (Å²) < 4.78 is 0. The van der Waals surface area contributed by atoms with E-state index in [1.54, 1.807) is 11.8 Å². The maximum absolute atomic E-state index is 12.7. The zero-order chi connectivity index (χ0) is 20.2. The summed E-state index contributed by atoms with van der Waals surface area (Å²) in [4.78, 5) is 20.2. The van der Waals surface area contributed by atoms with Gasteiger partial charge in [-0.25, -0.2) is 0 Å². The van der Waals surface area contributed by atoms with Crippen molar-refractivity contribution in [2.24, 2.45) is 0 Å². The number of nitrogens with one attached hydrogen (secondary N) is 1. The molecule has 0 bridgehead atoms. The fourth-order valence-corrected chi connectivity index (χ4v) is 5.35. The highest BCUT2D eigenvalue weighted by Gasteiger charge is 2.29. The van der Waals surface area contributed by atoms with Crippen LogP contribution in [-0.4, -0.2) is 43.0 Å². The lowest BCUT2D eigenvalue weighted by molar-refractivity contribution is 0.0953. The molecule has 2 aliphatic heterocycles. The fourth-order valence-electron chi connectivity index (χ4n) is 4.30. The van der Waals surface area contributed by atoms with E-state index < -0.39 is 0 Å². The third kappa shape index (κ3) is 4.96. The normalized spacial score (nSPS) is 16.4. The van der Waals surface area contributed by atoms with Crippen molar-refractivity contribution in [2.45, 2.75) is 55.4 Å². The number of anilines is 2. The smallest absolute Gasteiger partial charge is 0.251 e. The number of carbonyl (C=O) groups excluding carboxylic acids is 1. The van der Waals surface area contributed by atoms with Crippen molar-refractivity contribution in [1.82, 2.24) is 10.2 Å². The van der Waals surface area contributed by atoms with Gasteiger partial charge in [-0.05, 0) is 69.6 Å². The molecule has 2 heterocycles. The zero-order valence-corrected chi connectivity index (χ0v) is 19.5. The minimum Gasteiger partial charge on any atom is -0.352 e. The van der Waals surface area contributed by atoms with E-state index in [2.05, 4.69) is 65.4 Å². The largest absolute Gasteiger partial charge is 0.352 e. The summed E-state index contributed by atoms with van der Waals surface area (Å²) >= 11 is 1.80. The minimum atomic E-state index is 0. The van der Waals surface area contributed by atoms with E-state index in [-0.39, 0.29) is 18.3 Å². The molecule has 0 saturated carbocycles. The predicted octanol–water partition coefficient (Wildman–Crippen LogP) is 5.73. The van der Waals surface area contributed by atoms with E-state index in [1.165, 1.54) is 41.4 Å². The highest BCUT2D eigenvalue weighted by atomic mass is 35.5. The van der Waals surface area contributed by atoms with Gasteiger partial charge in [0.2, 0.25) is 0 Å². The van der Waals surface area contributed by atoms with Gasteiger partial charge in [0, 0.05) is 34.5 Å². The number of para-hydroxylation sites is 1.